The highest BCUT2D eigenvalue weighted by molar-refractivity contribution is 7.88. The smallest absolute Gasteiger partial charge is 0.315 e. The van der Waals surface area contributed by atoms with E-state index in [9.17, 15) is 39.6 Å². The van der Waals surface area contributed by atoms with Crippen LogP contribution in [0.4, 0.5) is 31.1 Å². The molecule has 3 N–H and O–H groups in total. The monoisotopic (exact) mass is 317 g/mol. The van der Waals surface area contributed by atoms with Crippen molar-refractivity contribution < 1.29 is 39.6 Å². The van der Waals surface area contributed by atoms with Crippen LogP contribution in [0.2, 0.25) is 0 Å². The van der Waals surface area contributed by atoms with Crippen LogP contribution >= 0.6 is 0 Å². The van der Waals surface area contributed by atoms with Gasteiger partial charge in [0.2, 0.25) is 15.6 Å². The van der Waals surface area contributed by atoms with Gasteiger partial charge in [-0.3, -0.25) is 5.43 Å². The van der Waals surface area contributed by atoms with Crippen molar-refractivity contribution in [2.45, 2.75) is 24.8 Å². The number of urea groups is 1. The Morgan fingerprint density at radius 1 is 1.00 bits per heavy atom. The summed E-state index contributed by atoms with van der Waals surface area (Å²) in [5.41, 5.74) is -3.39. The predicted molar refractivity (Wildman–Crippen MR) is 50.2 cm³/mol. The van der Waals surface area contributed by atoms with Crippen LogP contribution in [0, 0.1) is 0 Å². The molecule has 0 aliphatic carbocycles. The van der Waals surface area contributed by atoms with Gasteiger partial charge < -0.3 is 5.32 Å². The van der Waals surface area contributed by atoms with Gasteiger partial charge in [-0.05, 0) is 6.92 Å². The van der Waals surface area contributed by atoms with Crippen LogP contribution in [0.5, 0.6) is 0 Å². The topological polar surface area (TPSA) is 87.3 Å². The van der Waals surface area contributed by atoms with Gasteiger partial charge in [0.05, 0.1) is 6.26 Å². The maximum atomic E-state index is 12.3. The molecule has 0 heterocycles. The zero-order chi connectivity index (χ0) is 15.7. The molecule has 114 valence electrons. The number of hydrazine groups is 1. The average molecular weight is 317 g/mol. The first-order valence-corrected chi connectivity index (χ1v) is 6.18. The average Bonchev–Trinajstić information content (AvgIpc) is 2.09. The fourth-order valence-electron chi connectivity index (χ4n) is 0.700. The Balaban J connectivity index is 5.03. The molecule has 0 saturated carbocycles. The Morgan fingerprint density at radius 2 is 1.37 bits per heavy atom. The lowest BCUT2D eigenvalue weighted by Gasteiger charge is -2.34. The minimum Gasteiger partial charge on any atom is -0.315 e. The normalized spacial score (nSPS) is 14.1. The van der Waals surface area contributed by atoms with Gasteiger partial charge in [-0.25, -0.2) is 13.2 Å². The molecule has 0 fully saturated rings. The van der Waals surface area contributed by atoms with Gasteiger partial charge in [-0.15, -0.1) is 4.83 Å². The Hall–Kier alpha value is -1.24. The van der Waals surface area contributed by atoms with Gasteiger partial charge >= 0.3 is 18.4 Å². The molecular formula is C6H9F6N3O3S. The maximum absolute atomic E-state index is 12.3. The highest BCUT2D eigenvalue weighted by Crippen LogP contribution is 2.42. The van der Waals surface area contributed by atoms with E-state index in [-0.39, 0.29) is 6.92 Å². The summed E-state index contributed by atoms with van der Waals surface area (Å²) >= 11 is 0. The number of sulfonamides is 1. The molecule has 0 aliphatic rings. The number of nitrogens with one attached hydrogen (secondary N) is 3. The van der Waals surface area contributed by atoms with Crippen LogP contribution in [-0.2, 0) is 10.0 Å². The molecule has 0 rings (SSSR count). The number of halogens is 6. The van der Waals surface area contributed by atoms with Crippen molar-refractivity contribution in [2.75, 3.05) is 6.26 Å². The highest BCUT2D eigenvalue weighted by Gasteiger charge is 2.68. The molecule has 19 heavy (non-hydrogen) atoms. The van der Waals surface area contributed by atoms with E-state index in [1.165, 1.54) is 4.83 Å². The predicted octanol–water partition coefficient (Wildman–Crippen LogP) is 0.633. The second-order valence-electron chi connectivity index (χ2n) is 3.57. The third kappa shape index (κ3) is 4.74. The molecule has 0 spiro atoms. The second kappa shape index (κ2) is 5.03. The van der Waals surface area contributed by atoms with Crippen LogP contribution in [-0.4, -0.2) is 38.6 Å². The standard InChI is InChI=1S/C6H9F6N3O3S/c1-4(5(7,8)9,6(10,11)12)13-3(16)14-15-19(2,17)18/h15H,1-2H3,(H2,13,14,16). The molecule has 0 aromatic carbocycles. The van der Waals surface area contributed by atoms with Crippen molar-refractivity contribution in [1.82, 2.24) is 15.6 Å². The van der Waals surface area contributed by atoms with Crippen LogP contribution in [0.25, 0.3) is 0 Å². The summed E-state index contributed by atoms with van der Waals surface area (Å²) in [6.45, 7) is -0.299. The van der Waals surface area contributed by atoms with Gasteiger partial charge in [0, 0.05) is 0 Å². The first-order valence-electron chi connectivity index (χ1n) is 4.28. The van der Waals surface area contributed by atoms with Gasteiger partial charge in [0.25, 0.3) is 0 Å². The Bertz CT molecular complexity index is 428. The molecular weight excluding hydrogens is 308 g/mol. The van der Waals surface area contributed by atoms with Gasteiger partial charge in [-0.2, -0.15) is 26.3 Å². The Kier molecular flexibility index (Phi) is 4.70. The third-order valence-electron chi connectivity index (χ3n) is 1.85. The molecule has 0 aromatic rings. The van der Waals surface area contributed by atoms with Crippen molar-refractivity contribution in [3.63, 3.8) is 0 Å². The van der Waals surface area contributed by atoms with E-state index in [0.29, 0.717) is 11.6 Å². The lowest BCUT2D eigenvalue weighted by Crippen LogP contribution is -2.67. The first kappa shape index (κ1) is 17.8. The third-order valence-corrected chi connectivity index (χ3v) is 2.32. The van der Waals surface area contributed by atoms with Crippen molar-refractivity contribution in [3.05, 3.63) is 0 Å². The fourth-order valence-corrected chi connectivity index (χ4v) is 0.978. The van der Waals surface area contributed by atoms with Gasteiger partial charge in [0.15, 0.2) is 0 Å². The molecule has 0 aliphatic heterocycles. The van der Waals surface area contributed by atoms with Gasteiger partial charge in [0.1, 0.15) is 0 Å². The molecule has 0 radical (unpaired) electrons. The van der Waals surface area contributed by atoms with Crippen LogP contribution in [0.1, 0.15) is 6.92 Å². The van der Waals surface area contributed by atoms with Crippen molar-refractivity contribution in [1.29, 1.82) is 0 Å². The maximum Gasteiger partial charge on any atom is 0.420 e. The van der Waals surface area contributed by atoms with Crippen molar-refractivity contribution in [3.8, 4) is 0 Å². The minimum absolute atomic E-state index is 0.299. The highest BCUT2D eigenvalue weighted by atomic mass is 32.2. The Morgan fingerprint density at radius 3 is 1.63 bits per heavy atom. The molecule has 2 amide bonds. The van der Waals surface area contributed by atoms with E-state index >= 15 is 0 Å². The lowest BCUT2D eigenvalue weighted by atomic mass is 10.0. The van der Waals surface area contributed by atoms with Crippen LogP contribution in [0.15, 0.2) is 0 Å². The molecule has 13 heteroatoms. The Labute approximate surface area is 103 Å². The number of rotatable bonds is 3. The zero-order valence-electron chi connectivity index (χ0n) is 9.40. The second-order valence-corrected chi connectivity index (χ2v) is 5.32. The molecule has 0 aromatic heterocycles. The van der Waals surface area contributed by atoms with E-state index in [2.05, 4.69) is 0 Å². The van der Waals surface area contributed by atoms with E-state index in [1.54, 1.807) is 0 Å². The summed E-state index contributed by atoms with van der Waals surface area (Å²) in [5.74, 6) is 0. The first-order chi connectivity index (χ1) is 8.10. The van der Waals surface area contributed by atoms with Crippen LogP contribution < -0.4 is 15.6 Å². The van der Waals surface area contributed by atoms with E-state index < -0.39 is 33.9 Å². The zero-order valence-corrected chi connectivity index (χ0v) is 10.2. The molecule has 0 unspecified atom stereocenters. The fraction of sp³-hybridized carbons (Fsp3) is 0.833. The summed E-state index contributed by atoms with van der Waals surface area (Å²) in [4.78, 5) is 12.1. The molecule has 0 bridgehead atoms. The molecule has 0 saturated heterocycles. The van der Waals surface area contributed by atoms with E-state index in [1.807, 2.05) is 0 Å². The summed E-state index contributed by atoms with van der Waals surface area (Å²) in [6.07, 6.45) is -11.1. The quantitative estimate of drug-likeness (QED) is 0.527. The van der Waals surface area contributed by atoms with Crippen LogP contribution in [0.3, 0.4) is 0 Å². The summed E-state index contributed by atoms with van der Waals surface area (Å²) < 4.78 is 95.0. The lowest BCUT2D eigenvalue weighted by molar-refractivity contribution is -0.297. The van der Waals surface area contributed by atoms with Crippen molar-refractivity contribution >= 4 is 16.1 Å². The SMILES string of the molecule is CC(NC(=O)NNS(C)(=O)=O)(C(F)(F)F)C(F)(F)F. The largest absolute Gasteiger partial charge is 0.420 e. The van der Waals surface area contributed by atoms with E-state index in [4.69, 9.17) is 0 Å². The summed E-state index contributed by atoms with van der Waals surface area (Å²) in [7, 11) is -4.03. The van der Waals surface area contributed by atoms with Crippen molar-refractivity contribution in [2.24, 2.45) is 0 Å². The van der Waals surface area contributed by atoms with E-state index in [0.717, 1.165) is 5.43 Å². The molecule has 0 atom stereocenters. The molecule has 6 nitrogen and oxygen atoms in total. The number of amides is 2. The van der Waals surface area contributed by atoms with Gasteiger partial charge in [-0.1, -0.05) is 0 Å². The number of alkyl halides is 6. The number of carbonyl (C=O) groups excluding carboxylic acids is 1. The summed E-state index contributed by atoms with van der Waals surface area (Å²) in [6, 6.07) is -2.01. The number of carbonyl (C=O) groups is 1. The minimum atomic E-state index is -5.83. The number of hydrogen-bond donors (Lipinski definition) is 3. The summed E-state index contributed by atoms with van der Waals surface area (Å²) in [5, 5.41) is 0.619. The number of hydrogen-bond acceptors (Lipinski definition) is 3.